The van der Waals surface area contributed by atoms with Gasteiger partial charge >= 0.3 is 0 Å². The van der Waals surface area contributed by atoms with Gasteiger partial charge in [-0.2, -0.15) is 0 Å². The molecule has 15 heavy (non-hydrogen) atoms. The molecule has 3 nitrogen and oxygen atoms in total. The number of rotatable bonds is 6. The second kappa shape index (κ2) is 5.93. The second-order valence-corrected chi connectivity index (χ2v) is 3.94. The minimum atomic E-state index is 0.302. The first-order valence-corrected chi connectivity index (χ1v) is 5.61. The van der Waals surface area contributed by atoms with E-state index in [0.717, 1.165) is 24.5 Å². The molecule has 2 atom stereocenters. The molecule has 86 valence electrons. The van der Waals surface area contributed by atoms with Crippen molar-refractivity contribution in [2.24, 2.45) is 5.92 Å². The first kappa shape index (κ1) is 12.3. The number of aryl methyl sites for hydroxylation is 1. The van der Waals surface area contributed by atoms with Crippen LogP contribution >= 0.6 is 0 Å². The van der Waals surface area contributed by atoms with E-state index in [1.54, 1.807) is 0 Å². The van der Waals surface area contributed by atoms with Crippen LogP contribution in [0.15, 0.2) is 16.5 Å². The molecule has 1 aromatic heterocycles. The van der Waals surface area contributed by atoms with Crippen molar-refractivity contribution in [3.63, 3.8) is 0 Å². The highest BCUT2D eigenvalue weighted by Crippen LogP contribution is 2.25. The monoisotopic (exact) mass is 210 g/mol. The van der Waals surface area contributed by atoms with Crippen molar-refractivity contribution in [2.45, 2.75) is 26.3 Å². The zero-order chi connectivity index (χ0) is 11.3. The van der Waals surface area contributed by atoms with Crippen molar-refractivity contribution in [2.75, 3.05) is 20.6 Å². The van der Waals surface area contributed by atoms with Gasteiger partial charge in [0.1, 0.15) is 11.5 Å². The second-order valence-electron chi connectivity index (χ2n) is 3.94. The van der Waals surface area contributed by atoms with Crippen molar-refractivity contribution in [1.29, 1.82) is 0 Å². The van der Waals surface area contributed by atoms with Crippen LogP contribution in [0.2, 0.25) is 0 Å². The van der Waals surface area contributed by atoms with Gasteiger partial charge in [0.25, 0.3) is 0 Å². The Labute approximate surface area is 92.2 Å². The zero-order valence-corrected chi connectivity index (χ0v) is 10.1. The lowest BCUT2D eigenvalue weighted by Gasteiger charge is -2.23. The van der Waals surface area contributed by atoms with Crippen molar-refractivity contribution in [3.8, 4) is 0 Å². The van der Waals surface area contributed by atoms with Crippen LogP contribution in [0.1, 0.15) is 30.9 Å². The summed E-state index contributed by atoms with van der Waals surface area (Å²) < 4.78 is 5.68. The third-order valence-electron chi connectivity index (χ3n) is 2.84. The van der Waals surface area contributed by atoms with Crippen LogP contribution in [0.4, 0.5) is 0 Å². The first-order chi connectivity index (χ1) is 7.22. The minimum Gasteiger partial charge on any atom is -0.465 e. The molecule has 0 aliphatic heterocycles. The maximum absolute atomic E-state index is 5.68. The molecular weight excluding hydrogens is 188 g/mol. The molecule has 1 aromatic rings. The molecule has 0 saturated heterocycles. The van der Waals surface area contributed by atoms with Gasteiger partial charge in [0.2, 0.25) is 0 Å². The van der Waals surface area contributed by atoms with Crippen LogP contribution in [0.5, 0.6) is 0 Å². The Bertz CT molecular complexity index is 283. The fourth-order valence-electron chi connectivity index (χ4n) is 1.99. The van der Waals surface area contributed by atoms with E-state index < -0.39 is 0 Å². The third kappa shape index (κ3) is 3.08. The maximum atomic E-state index is 5.68. The molecule has 3 heteroatoms. The summed E-state index contributed by atoms with van der Waals surface area (Å²) in [5.41, 5.74) is 0. The Hall–Kier alpha value is -0.800. The largest absolute Gasteiger partial charge is 0.465 e. The molecule has 0 fully saturated rings. The molecule has 1 heterocycles. The molecule has 0 bridgehead atoms. The van der Waals surface area contributed by atoms with Gasteiger partial charge in [0, 0.05) is 0 Å². The summed E-state index contributed by atoms with van der Waals surface area (Å²) in [6.07, 6.45) is 1.13. The standard InChI is InChI=1S/C12H22N2O/c1-5-10(8-13-3)12(14-4)11-7-6-9(2)15-11/h6-7,10,12-14H,5,8H2,1-4H3. The summed E-state index contributed by atoms with van der Waals surface area (Å²) in [6, 6.07) is 4.39. The van der Waals surface area contributed by atoms with E-state index in [0.29, 0.717) is 12.0 Å². The van der Waals surface area contributed by atoms with Gasteiger partial charge in [-0.05, 0) is 45.6 Å². The minimum absolute atomic E-state index is 0.302. The fourth-order valence-corrected chi connectivity index (χ4v) is 1.99. The van der Waals surface area contributed by atoms with Crippen molar-refractivity contribution >= 4 is 0 Å². The summed E-state index contributed by atoms with van der Waals surface area (Å²) in [4.78, 5) is 0. The van der Waals surface area contributed by atoms with Gasteiger partial charge in [0.15, 0.2) is 0 Å². The van der Waals surface area contributed by atoms with E-state index in [1.165, 1.54) is 0 Å². The van der Waals surface area contributed by atoms with E-state index in [9.17, 15) is 0 Å². The molecule has 0 saturated carbocycles. The fraction of sp³-hybridized carbons (Fsp3) is 0.667. The van der Waals surface area contributed by atoms with E-state index >= 15 is 0 Å². The summed E-state index contributed by atoms with van der Waals surface area (Å²) in [6.45, 7) is 5.19. The van der Waals surface area contributed by atoms with Crippen LogP contribution in [-0.2, 0) is 0 Å². The number of hydrogen-bond acceptors (Lipinski definition) is 3. The van der Waals surface area contributed by atoms with E-state index in [1.807, 2.05) is 27.1 Å². The predicted octanol–water partition coefficient (Wildman–Crippen LogP) is 2.09. The average Bonchev–Trinajstić information content (AvgIpc) is 2.64. The molecule has 0 aliphatic carbocycles. The Morgan fingerprint density at radius 2 is 2.07 bits per heavy atom. The normalized spacial score (nSPS) is 15.2. The van der Waals surface area contributed by atoms with Gasteiger partial charge in [-0.3, -0.25) is 0 Å². The van der Waals surface area contributed by atoms with Crippen LogP contribution in [0.3, 0.4) is 0 Å². The van der Waals surface area contributed by atoms with E-state index in [-0.39, 0.29) is 0 Å². The summed E-state index contributed by atoms with van der Waals surface area (Å²) in [5, 5.41) is 6.56. The van der Waals surface area contributed by atoms with Crippen molar-refractivity contribution in [3.05, 3.63) is 23.7 Å². The smallest absolute Gasteiger partial charge is 0.121 e. The van der Waals surface area contributed by atoms with E-state index in [4.69, 9.17) is 4.42 Å². The van der Waals surface area contributed by atoms with Crippen LogP contribution in [0.25, 0.3) is 0 Å². The van der Waals surface area contributed by atoms with E-state index in [2.05, 4.69) is 23.6 Å². The Morgan fingerprint density at radius 3 is 2.47 bits per heavy atom. The Balaban J connectivity index is 2.76. The molecular formula is C12H22N2O. The molecule has 1 rings (SSSR count). The molecule has 0 amide bonds. The quantitative estimate of drug-likeness (QED) is 0.755. The summed E-state index contributed by atoms with van der Waals surface area (Å²) in [7, 11) is 3.98. The molecule has 0 aromatic carbocycles. The summed E-state index contributed by atoms with van der Waals surface area (Å²) in [5.74, 6) is 2.58. The van der Waals surface area contributed by atoms with Crippen molar-refractivity contribution < 1.29 is 4.42 Å². The molecule has 0 radical (unpaired) electrons. The zero-order valence-electron chi connectivity index (χ0n) is 10.1. The van der Waals surface area contributed by atoms with Gasteiger partial charge in [-0.15, -0.1) is 0 Å². The lowest BCUT2D eigenvalue weighted by Crippen LogP contribution is -2.31. The highest BCUT2D eigenvalue weighted by atomic mass is 16.3. The van der Waals surface area contributed by atoms with Crippen LogP contribution < -0.4 is 10.6 Å². The summed E-state index contributed by atoms with van der Waals surface area (Å²) >= 11 is 0. The molecule has 0 spiro atoms. The molecule has 2 N–H and O–H groups in total. The Kier molecular flexibility index (Phi) is 4.85. The maximum Gasteiger partial charge on any atom is 0.121 e. The first-order valence-electron chi connectivity index (χ1n) is 5.61. The predicted molar refractivity (Wildman–Crippen MR) is 63.0 cm³/mol. The van der Waals surface area contributed by atoms with Crippen LogP contribution in [0, 0.1) is 12.8 Å². The van der Waals surface area contributed by atoms with Gasteiger partial charge < -0.3 is 15.1 Å². The lowest BCUT2D eigenvalue weighted by atomic mass is 9.95. The lowest BCUT2D eigenvalue weighted by molar-refractivity contribution is 0.306. The number of nitrogens with one attached hydrogen (secondary N) is 2. The van der Waals surface area contributed by atoms with Crippen LogP contribution in [-0.4, -0.2) is 20.6 Å². The van der Waals surface area contributed by atoms with Gasteiger partial charge in [0.05, 0.1) is 6.04 Å². The third-order valence-corrected chi connectivity index (χ3v) is 2.84. The molecule has 0 aliphatic rings. The number of furan rings is 1. The van der Waals surface area contributed by atoms with Gasteiger partial charge in [-0.25, -0.2) is 0 Å². The van der Waals surface area contributed by atoms with Crippen molar-refractivity contribution in [1.82, 2.24) is 10.6 Å². The molecule has 2 unspecified atom stereocenters. The Morgan fingerprint density at radius 1 is 1.33 bits per heavy atom. The highest BCUT2D eigenvalue weighted by molar-refractivity contribution is 5.10. The topological polar surface area (TPSA) is 37.2 Å². The average molecular weight is 210 g/mol. The SMILES string of the molecule is CCC(CNC)C(NC)c1ccc(C)o1. The van der Waals surface area contributed by atoms with Gasteiger partial charge in [-0.1, -0.05) is 13.3 Å². The number of hydrogen-bond donors (Lipinski definition) is 2. The highest BCUT2D eigenvalue weighted by Gasteiger charge is 2.22.